The lowest BCUT2D eigenvalue weighted by Gasteiger charge is -2.21. The molecule has 18 heavy (non-hydrogen) atoms. The average Bonchev–Trinajstić information content (AvgIpc) is 2.82. The van der Waals surface area contributed by atoms with E-state index >= 15 is 0 Å². The van der Waals surface area contributed by atoms with Crippen molar-refractivity contribution < 1.29 is 9.90 Å². The second-order valence-corrected chi connectivity index (χ2v) is 4.35. The number of hydrogen-bond acceptors (Lipinski definition) is 3. The Morgan fingerprint density at radius 2 is 2.50 bits per heavy atom. The van der Waals surface area contributed by atoms with Crippen LogP contribution in [-0.4, -0.2) is 40.1 Å². The molecule has 1 atom stereocenters. The van der Waals surface area contributed by atoms with Gasteiger partial charge in [-0.1, -0.05) is 11.8 Å². The summed E-state index contributed by atoms with van der Waals surface area (Å²) in [6, 6.07) is 3.76. The third-order valence-corrected chi connectivity index (χ3v) is 3.13. The molecule has 0 radical (unpaired) electrons. The van der Waals surface area contributed by atoms with Gasteiger partial charge in [-0.3, -0.25) is 4.79 Å². The Bertz CT molecular complexity index is 502. The molecule has 1 aromatic rings. The first-order chi connectivity index (χ1) is 8.74. The molecule has 2 rings (SSSR count). The number of aromatic nitrogens is 1. The van der Waals surface area contributed by atoms with Crippen LogP contribution in [0.5, 0.6) is 0 Å². The lowest BCUT2D eigenvalue weighted by Crippen LogP contribution is -2.34. The highest BCUT2D eigenvalue weighted by Crippen LogP contribution is 2.19. The number of carbonyl (C=O) groups is 1. The third-order valence-electron chi connectivity index (χ3n) is 3.13. The maximum atomic E-state index is 12.4. The maximum Gasteiger partial charge on any atom is 0.273 e. The number of aliphatic hydroxyl groups excluding tert-OH is 1. The van der Waals surface area contributed by atoms with Crippen molar-refractivity contribution in [3.05, 3.63) is 29.6 Å². The van der Waals surface area contributed by atoms with E-state index in [0.29, 0.717) is 11.3 Å². The number of aliphatic hydroxyl groups is 1. The van der Waals surface area contributed by atoms with Crippen molar-refractivity contribution in [2.24, 2.45) is 0 Å². The molecule has 4 heteroatoms. The maximum absolute atomic E-state index is 12.4. The molecule has 1 aromatic heterocycles. The summed E-state index contributed by atoms with van der Waals surface area (Å²) in [5.74, 6) is 5.26. The summed E-state index contributed by atoms with van der Waals surface area (Å²) < 4.78 is 0. The van der Waals surface area contributed by atoms with Gasteiger partial charge in [-0.05, 0) is 31.9 Å². The van der Waals surface area contributed by atoms with Crippen LogP contribution in [0.25, 0.3) is 0 Å². The molecule has 1 amide bonds. The molecule has 1 unspecified atom stereocenters. The van der Waals surface area contributed by atoms with Gasteiger partial charge in [0.25, 0.3) is 5.91 Å². The van der Waals surface area contributed by atoms with Crippen LogP contribution < -0.4 is 0 Å². The monoisotopic (exact) mass is 244 g/mol. The van der Waals surface area contributed by atoms with Crippen LogP contribution in [0.2, 0.25) is 0 Å². The summed E-state index contributed by atoms with van der Waals surface area (Å²) in [5, 5.41) is 8.72. The van der Waals surface area contributed by atoms with E-state index in [9.17, 15) is 4.79 Å². The van der Waals surface area contributed by atoms with E-state index in [1.807, 2.05) is 11.8 Å². The number of likely N-dealkylation sites (tertiary alicyclic amines) is 1. The van der Waals surface area contributed by atoms with E-state index < -0.39 is 0 Å². The summed E-state index contributed by atoms with van der Waals surface area (Å²) >= 11 is 0. The number of rotatable bonds is 1. The van der Waals surface area contributed by atoms with Crippen LogP contribution in [0.4, 0.5) is 0 Å². The van der Waals surface area contributed by atoms with E-state index in [-0.39, 0.29) is 18.6 Å². The van der Waals surface area contributed by atoms with Gasteiger partial charge < -0.3 is 10.0 Å². The van der Waals surface area contributed by atoms with Gasteiger partial charge >= 0.3 is 0 Å². The van der Waals surface area contributed by atoms with Gasteiger partial charge in [0.15, 0.2) is 0 Å². The molecule has 0 saturated carbocycles. The molecule has 0 bridgehead atoms. The molecule has 0 spiro atoms. The molecule has 1 saturated heterocycles. The normalized spacial score (nSPS) is 18.3. The Morgan fingerprint density at radius 1 is 1.67 bits per heavy atom. The predicted octanol–water partition coefficient (Wildman–Crippen LogP) is 1.05. The van der Waals surface area contributed by atoms with Crippen molar-refractivity contribution in [1.82, 2.24) is 9.88 Å². The van der Waals surface area contributed by atoms with Crippen molar-refractivity contribution in [3.8, 4) is 11.8 Å². The van der Waals surface area contributed by atoms with E-state index in [2.05, 4.69) is 16.8 Å². The summed E-state index contributed by atoms with van der Waals surface area (Å²) in [6.07, 6.45) is 3.67. The summed E-state index contributed by atoms with van der Waals surface area (Å²) in [7, 11) is 0. The topological polar surface area (TPSA) is 53.4 Å². The van der Waals surface area contributed by atoms with Crippen LogP contribution in [0.3, 0.4) is 0 Å². The summed E-state index contributed by atoms with van der Waals surface area (Å²) in [4.78, 5) is 18.3. The highest BCUT2D eigenvalue weighted by molar-refractivity contribution is 5.95. The van der Waals surface area contributed by atoms with Gasteiger partial charge in [-0.2, -0.15) is 0 Å². The molecule has 1 fully saturated rings. The number of pyridine rings is 1. The van der Waals surface area contributed by atoms with Crippen molar-refractivity contribution >= 4 is 5.91 Å². The average molecular weight is 244 g/mol. The second kappa shape index (κ2) is 5.65. The molecular weight excluding hydrogens is 228 g/mol. The molecule has 1 aliphatic rings. The van der Waals surface area contributed by atoms with E-state index in [4.69, 9.17) is 5.11 Å². The molecule has 4 nitrogen and oxygen atoms in total. The quantitative estimate of drug-likeness (QED) is 0.751. The number of nitrogens with zero attached hydrogens (tertiary/aromatic N) is 2. The Labute approximate surface area is 107 Å². The van der Waals surface area contributed by atoms with Gasteiger partial charge in [0.2, 0.25) is 0 Å². The Balaban J connectivity index is 2.30. The molecular formula is C14H16N2O2. The van der Waals surface area contributed by atoms with Crippen LogP contribution >= 0.6 is 0 Å². The molecule has 0 aromatic carbocycles. The third kappa shape index (κ3) is 2.52. The zero-order chi connectivity index (χ0) is 13.0. The summed E-state index contributed by atoms with van der Waals surface area (Å²) in [6.45, 7) is 2.61. The van der Waals surface area contributed by atoms with Gasteiger partial charge in [-0.15, -0.1) is 0 Å². The minimum Gasteiger partial charge on any atom is -0.384 e. The van der Waals surface area contributed by atoms with Crippen LogP contribution in [0, 0.1) is 11.8 Å². The SMILES string of the molecule is CC1CCCN1C(=O)c1ncccc1C#CCO. The Kier molecular flexibility index (Phi) is 3.96. The molecule has 1 N–H and O–H groups in total. The van der Waals surface area contributed by atoms with Crippen molar-refractivity contribution in [2.45, 2.75) is 25.8 Å². The molecule has 1 aliphatic heterocycles. The van der Waals surface area contributed by atoms with Crippen molar-refractivity contribution in [2.75, 3.05) is 13.2 Å². The van der Waals surface area contributed by atoms with Crippen LogP contribution in [-0.2, 0) is 0 Å². The lowest BCUT2D eigenvalue weighted by atomic mass is 10.1. The van der Waals surface area contributed by atoms with Crippen LogP contribution in [0.15, 0.2) is 18.3 Å². The fraction of sp³-hybridized carbons (Fsp3) is 0.429. The Morgan fingerprint density at radius 3 is 3.17 bits per heavy atom. The number of hydrogen-bond donors (Lipinski definition) is 1. The first-order valence-electron chi connectivity index (χ1n) is 6.09. The van der Waals surface area contributed by atoms with Crippen molar-refractivity contribution in [3.63, 3.8) is 0 Å². The smallest absolute Gasteiger partial charge is 0.273 e. The first-order valence-corrected chi connectivity index (χ1v) is 6.09. The largest absolute Gasteiger partial charge is 0.384 e. The van der Waals surface area contributed by atoms with E-state index in [0.717, 1.165) is 19.4 Å². The van der Waals surface area contributed by atoms with E-state index in [1.165, 1.54) is 0 Å². The standard InChI is InChI=1S/C14H16N2O2/c1-11-5-3-9-16(11)14(18)13-12(7-4-10-17)6-2-8-15-13/h2,6,8,11,17H,3,5,9-10H2,1H3. The molecule has 0 aliphatic carbocycles. The highest BCUT2D eigenvalue weighted by Gasteiger charge is 2.27. The van der Waals surface area contributed by atoms with Gasteiger partial charge in [0.05, 0.1) is 5.56 Å². The minimum atomic E-state index is -0.220. The molecule has 2 heterocycles. The highest BCUT2D eigenvalue weighted by atomic mass is 16.2. The lowest BCUT2D eigenvalue weighted by molar-refractivity contribution is 0.0741. The zero-order valence-electron chi connectivity index (χ0n) is 10.4. The number of amides is 1. The second-order valence-electron chi connectivity index (χ2n) is 4.35. The van der Waals surface area contributed by atoms with E-state index in [1.54, 1.807) is 18.3 Å². The van der Waals surface area contributed by atoms with Gasteiger partial charge in [0, 0.05) is 18.8 Å². The first kappa shape index (κ1) is 12.6. The predicted molar refractivity (Wildman–Crippen MR) is 67.9 cm³/mol. The number of carbonyl (C=O) groups excluding carboxylic acids is 1. The van der Waals surface area contributed by atoms with Gasteiger partial charge in [0.1, 0.15) is 12.3 Å². The van der Waals surface area contributed by atoms with Crippen molar-refractivity contribution in [1.29, 1.82) is 0 Å². The Hall–Kier alpha value is -1.86. The zero-order valence-corrected chi connectivity index (χ0v) is 10.4. The molecule has 94 valence electrons. The fourth-order valence-electron chi connectivity index (χ4n) is 2.18. The summed E-state index contributed by atoms with van der Waals surface area (Å²) in [5.41, 5.74) is 0.961. The van der Waals surface area contributed by atoms with Gasteiger partial charge in [-0.25, -0.2) is 4.98 Å². The van der Waals surface area contributed by atoms with Crippen LogP contribution in [0.1, 0.15) is 35.8 Å². The fourth-order valence-corrected chi connectivity index (χ4v) is 2.18. The minimum absolute atomic E-state index is 0.0668.